The largest absolute Gasteiger partial charge is 0.490 e. The summed E-state index contributed by atoms with van der Waals surface area (Å²) in [6.45, 7) is 0.796. The SMILES string of the molecule is CNC(=O)c1ccc(S(=O)(=O)N2CCC(Oc3ccncc3)CC2)cc1. The van der Waals surface area contributed by atoms with Crippen LogP contribution >= 0.6 is 0 Å². The molecule has 1 aliphatic heterocycles. The number of aromatic nitrogens is 1. The fourth-order valence-electron chi connectivity index (χ4n) is 2.87. The minimum Gasteiger partial charge on any atom is -0.490 e. The number of nitrogens with zero attached hydrogens (tertiary/aromatic N) is 2. The van der Waals surface area contributed by atoms with Crippen LogP contribution in [0.2, 0.25) is 0 Å². The molecule has 0 unspecified atom stereocenters. The molecule has 2 heterocycles. The standard InChI is InChI=1S/C18H21N3O4S/c1-19-18(22)14-2-4-17(5-3-14)26(23,24)21-12-8-16(9-13-21)25-15-6-10-20-11-7-15/h2-7,10-11,16H,8-9,12-13H2,1H3,(H,19,22). The summed E-state index contributed by atoms with van der Waals surface area (Å²) in [4.78, 5) is 15.7. The third-order valence-corrected chi connectivity index (χ3v) is 6.25. The molecule has 138 valence electrons. The van der Waals surface area contributed by atoms with E-state index in [0.29, 0.717) is 31.5 Å². The molecule has 2 aromatic rings. The first-order valence-electron chi connectivity index (χ1n) is 8.39. The zero-order chi connectivity index (χ0) is 18.6. The Balaban J connectivity index is 1.63. The number of benzene rings is 1. The molecule has 0 spiro atoms. The maximum absolute atomic E-state index is 12.8. The Morgan fingerprint density at radius 1 is 1.12 bits per heavy atom. The highest BCUT2D eigenvalue weighted by Gasteiger charge is 2.30. The minimum absolute atomic E-state index is 0.0144. The monoisotopic (exact) mass is 375 g/mol. The van der Waals surface area contributed by atoms with Crippen molar-refractivity contribution in [2.45, 2.75) is 23.8 Å². The first kappa shape index (κ1) is 18.3. The molecule has 1 saturated heterocycles. The van der Waals surface area contributed by atoms with Crippen LogP contribution in [0.3, 0.4) is 0 Å². The lowest BCUT2D eigenvalue weighted by molar-refractivity contribution is 0.0963. The van der Waals surface area contributed by atoms with Gasteiger partial charge in [-0.15, -0.1) is 0 Å². The second kappa shape index (κ2) is 7.84. The molecule has 1 aromatic heterocycles. The highest BCUT2D eigenvalue weighted by Crippen LogP contribution is 2.23. The molecule has 1 N–H and O–H groups in total. The van der Waals surface area contributed by atoms with Gasteiger partial charge in [0.15, 0.2) is 0 Å². The Kier molecular flexibility index (Phi) is 5.53. The van der Waals surface area contributed by atoms with Gasteiger partial charge in [0.1, 0.15) is 11.9 Å². The van der Waals surface area contributed by atoms with Gasteiger partial charge >= 0.3 is 0 Å². The molecule has 0 aliphatic carbocycles. The Hall–Kier alpha value is -2.45. The van der Waals surface area contributed by atoms with Crippen molar-refractivity contribution in [3.63, 3.8) is 0 Å². The van der Waals surface area contributed by atoms with Gasteiger partial charge < -0.3 is 10.1 Å². The van der Waals surface area contributed by atoms with E-state index in [4.69, 9.17) is 4.74 Å². The van der Waals surface area contributed by atoms with Crippen molar-refractivity contribution in [2.24, 2.45) is 0 Å². The molecule has 0 atom stereocenters. The second-order valence-electron chi connectivity index (χ2n) is 6.01. The second-order valence-corrected chi connectivity index (χ2v) is 7.95. The average molecular weight is 375 g/mol. The highest BCUT2D eigenvalue weighted by molar-refractivity contribution is 7.89. The first-order chi connectivity index (χ1) is 12.5. The summed E-state index contributed by atoms with van der Waals surface area (Å²) in [6, 6.07) is 9.56. The van der Waals surface area contributed by atoms with Gasteiger partial charge in [-0.2, -0.15) is 4.31 Å². The summed E-state index contributed by atoms with van der Waals surface area (Å²) in [7, 11) is -2.04. The van der Waals surface area contributed by atoms with Crippen molar-refractivity contribution < 1.29 is 17.9 Å². The quantitative estimate of drug-likeness (QED) is 0.859. The van der Waals surface area contributed by atoms with Crippen LogP contribution in [0.1, 0.15) is 23.2 Å². The number of ether oxygens (including phenoxy) is 1. The van der Waals surface area contributed by atoms with Crippen LogP contribution in [0, 0.1) is 0 Å². The third kappa shape index (κ3) is 4.03. The highest BCUT2D eigenvalue weighted by atomic mass is 32.2. The number of piperidine rings is 1. The van der Waals surface area contributed by atoms with Gasteiger partial charge in [0.25, 0.3) is 5.91 Å². The Bertz CT molecular complexity index is 846. The van der Waals surface area contributed by atoms with Crippen LogP contribution < -0.4 is 10.1 Å². The van der Waals surface area contributed by atoms with E-state index < -0.39 is 10.0 Å². The first-order valence-corrected chi connectivity index (χ1v) is 9.83. The van der Waals surface area contributed by atoms with Crippen LogP contribution in [0.25, 0.3) is 0 Å². The molecule has 1 fully saturated rings. The summed E-state index contributed by atoms with van der Waals surface area (Å²) < 4.78 is 32.9. The number of sulfonamides is 1. The number of hydrogen-bond acceptors (Lipinski definition) is 5. The molecule has 0 bridgehead atoms. The maximum atomic E-state index is 12.8. The lowest BCUT2D eigenvalue weighted by Crippen LogP contribution is -2.41. The number of carbonyl (C=O) groups is 1. The summed E-state index contributed by atoms with van der Waals surface area (Å²) in [5.74, 6) is 0.495. The number of rotatable bonds is 5. The van der Waals surface area contributed by atoms with E-state index in [2.05, 4.69) is 10.3 Å². The number of pyridine rings is 1. The van der Waals surface area contributed by atoms with Gasteiger partial charge in [0.2, 0.25) is 10.0 Å². The van der Waals surface area contributed by atoms with Gasteiger partial charge in [-0.25, -0.2) is 8.42 Å². The Morgan fingerprint density at radius 3 is 2.31 bits per heavy atom. The van der Waals surface area contributed by atoms with Crippen LogP contribution in [0.15, 0.2) is 53.7 Å². The lowest BCUT2D eigenvalue weighted by atomic mass is 10.1. The molecule has 26 heavy (non-hydrogen) atoms. The molecule has 0 radical (unpaired) electrons. The van der Waals surface area contributed by atoms with Crippen molar-refractivity contribution in [2.75, 3.05) is 20.1 Å². The van der Waals surface area contributed by atoms with Crippen molar-refractivity contribution in [3.8, 4) is 5.75 Å². The van der Waals surface area contributed by atoms with Crippen LogP contribution in [-0.4, -0.2) is 49.9 Å². The van der Waals surface area contributed by atoms with E-state index in [1.165, 1.54) is 35.6 Å². The fourth-order valence-corrected chi connectivity index (χ4v) is 4.34. The zero-order valence-corrected chi connectivity index (χ0v) is 15.3. The van der Waals surface area contributed by atoms with Crippen molar-refractivity contribution in [3.05, 3.63) is 54.4 Å². The average Bonchev–Trinajstić information content (AvgIpc) is 2.68. The van der Waals surface area contributed by atoms with Crippen molar-refractivity contribution in [1.82, 2.24) is 14.6 Å². The van der Waals surface area contributed by atoms with Crippen molar-refractivity contribution >= 4 is 15.9 Å². The molecular weight excluding hydrogens is 354 g/mol. The number of hydrogen-bond donors (Lipinski definition) is 1. The molecule has 0 saturated carbocycles. The van der Waals surface area contributed by atoms with E-state index in [0.717, 1.165) is 5.75 Å². The molecular formula is C18H21N3O4S. The van der Waals surface area contributed by atoms with E-state index in [-0.39, 0.29) is 16.9 Å². The third-order valence-electron chi connectivity index (χ3n) is 4.33. The van der Waals surface area contributed by atoms with Gasteiger partial charge in [0, 0.05) is 38.1 Å². The minimum atomic E-state index is -3.57. The molecule has 3 rings (SSSR count). The number of carbonyl (C=O) groups excluding carboxylic acids is 1. The van der Waals surface area contributed by atoms with Gasteiger partial charge in [-0.3, -0.25) is 9.78 Å². The van der Waals surface area contributed by atoms with Crippen LogP contribution in [0.4, 0.5) is 0 Å². The molecule has 1 aromatic carbocycles. The predicted molar refractivity (Wildman–Crippen MR) is 96.5 cm³/mol. The van der Waals surface area contributed by atoms with Gasteiger partial charge in [-0.1, -0.05) is 0 Å². The smallest absolute Gasteiger partial charge is 0.251 e. The topological polar surface area (TPSA) is 88.6 Å². The number of amides is 1. The number of nitrogens with one attached hydrogen (secondary N) is 1. The van der Waals surface area contributed by atoms with E-state index in [1.54, 1.807) is 24.5 Å². The summed E-state index contributed by atoms with van der Waals surface area (Å²) >= 11 is 0. The zero-order valence-electron chi connectivity index (χ0n) is 14.5. The van der Waals surface area contributed by atoms with E-state index in [1.807, 2.05) is 0 Å². The van der Waals surface area contributed by atoms with Crippen LogP contribution in [0.5, 0.6) is 5.75 Å². The summed E-state index contributed by atoms with van der Waals surface area (Å²) in [6.07, 6.45) is 4.56. The molecule has 8 heteroatoms. The molecule has 1 amide bonds. The van der Waals surface area contributed by atoms with Crippen LogP contribution in [-0.2, 0) is 10.0 Å². The lowest BCUT2D eigenvalue weighted by Gasteiger charge is -2.31. The normalized spacial score (nSPS) is 16.2. The van der Waals surface area contributed by atoms with Gasteiger partial charge in [0.05, 0.1) is 4.90 Å². The molecule has 7 nitrogen and oxygen atoms in total. The summed E-state index contributed by atoms with van der Waals surface area (Å²) in [5, 5.41) is 2.51. The van der Waals surface area contributed by atoms with Crippen molar-refractivity contribution in [1.29, 1.82) is 0 Å². The van der Waals surface area contributed by atoms with E-state index >= 15 is 0 Å². The Labute approximate surface area is 153 Å². The summed E-state index contributed by atoms with van der Waals surface area (Å²) in [5.41, 5.74) is 0.427. The Morgan fingerprint density at radius 2 is 1.73 bits per heavy atom. The maximum Gasteiger partial charge on any atom is 0.251 e. The van der Waals surface area contributed by atoms with E-state index in [9.17, 15) is 13.2 Å². The molecule has 1 aliphatic rings. The fraction of sp³-hybridized carbons (Fsp3) is 0.333. The van der Waals surface area contributed by atoms with Gasteiger partial charge in [-0.05, 0) is 49.2 Å². The predicted octanol–water partition coefficient (Wildman–Crippen LogP) is 1.67.